The van der Waals surface area contributed by atoms with Crippen molar-refractivity contribution in [2.75, 3.05) is 32.2 Å². The predicted octanol–water partition coefficient (Wildman–Crippen LogP) is 4.28. The number of aromatic amines is 1. The zero-order chi connectivity index (χ0) is 24.6. The number of rotatable bonds is 6. The Bertz CT molecular complexity index is 1420. The normalized spacial score (nSPS) is 17.4. The van der Waals surface area contributed by atoms with Gasteiger partial charge in [-0.2, -0.15) is 5.10 Å². The summed E-state index contributed by atoms with van der Waals surface area (Å²) in [7, 11) is 1.60. The molecule has 1 unspecified atom stereocenters. The number of thiophene rings is 1. The highest BCUT2D eigenvalue weighted by Gasteiger charge is 2.32. The first kappa shape index (κ1) is 23.2. The number of halogens is 1. The van der Waals surface area contributed by atoms with Crippen LogP contribution >= 0.6 is 22.9 Å². The molecule has 11 heteroatoms. The molecule has 1 atom stereocenters. The molecular formula is C25H25ClN6O3S. The van der Waals surface area contributed by atoms with Crippen LogP contribution in [0.15, 0.2) is 30.5 Å². The van der Waals surface area contributed by atoms with Gasteiger partial charge in [0.15, 0.2) is 5.82 Å². The van der Waals surface area contributed by atoms with Crippen molar-refractivity contribution >= 4 is 44.9 Å². The molecule has 0 bridgehead atoms. The minimum absolute atomic E-state index is 0.0266. The molecule has 3 aromatic heterocycles. The second-order valence-electron chi connectivity index (χ2n) is 8.94. The Morgan fingerprint density at radius 1 is 1.36 bits per heavy atom. The number of H-pyrrole nitrogens is 1. The summed E-state index contributed by atoms with van der Waals surface area (Å²) in [4.78, 5) is 26.8. The summed E-state index contributed by atoms with van der Waals surface area (Å²) in [5.41, 5.74) is 2.97. The Morgan fingerprint density at radius 2 is 2.28 bits per heavy atom. The van der Waals surface area contributed by atoms with Crippen LogP contribution in [-0.4, -0.2) is 57.8 Å². The van der Waals surface area contributed by atoms with E-state index in [1.807, 2.05) is 29.2 Å². The third kappa shape index (κ3) is 4.29. The zero-order valence-electron chi connectivity index (χ0n) is 19.7. The highest BCUT2D eigenvalue weighted by Crippen LogP contribution is 2.39. The van der Waals surface area contributed by atoms with Crippen LogP contribution in [0.2, 0.25) is 5.02 Å². The highest BCUT2D eigenvalue weighted by atomic mass is 35.5. The Morgan fingerprint density at radius 3 is 3.03 bits per heavy atom. The van der Waals surface area contributed by atoms with Crippen molar-refractivity contribution in [2.24, 2.45) is 5.92 Å². The number of aromatic nitrogens is 4. The third-order valence-corrected chi connectivity index (χ3v) is 8.11. The Hall–Kier alpha value is -3.21. The van der Waals surface area contributed by atoms with Crippen molar-refractivity contribution in [3.8, 4) is 17.3 Å². The molecule has 186 valence electrons. The lowest BCUT2D eigenvalue weighted by atomic mass is 10.0. The number of nitrogens with one attached hydrogen (secondary N) is 2. The summed E-state index contributed by atoms with van der Waals surface area (Å²) in [6.07, 6.45) is 3.26. The van der Waals surface area contributed by atoms with E-state index >= 15 is 0 Å². The van der Waals surface area contributed by atoms with E-state index in [9.17, 15) is 4.79 Å². The lowest BCUT2D eigenvalue weighted by Gasteiger charge is -2.29. The van der Waals surface area contributed by atoms with Gasteiger partial charge in [-0.05, 0) is 42.2 Å². The Labute approximate surface area is 216 Å². The standard InChI is InChI=1S/C25H25ClN6O3S/c1-34-19-3-2-14(10-17(19)26)11-27-23-21-16-5-8-32(25(33)15-6-9-35-13-15)12-20(16)36-24(21)30-22(29-23)18-4-7-28-31-18/h2-4,7,10,15H,5-6,8-9,11-13H2,1H3,(H,28,31)(H,27,29,30). The second kappa shape index (κ2) is 9.68. The number of anilines is 1. The van der Waals surface area contributed by atoms with Gasteiger partial charge >= 0.3 is 0 Å². The second-order valence-corrected chi connectivity index (χ2v) is 10.4. The summed E-state index contributed by atoms with van der Waals surface area (Å²) >= 11 is 7.96. The fraction of sp³-hybridized carbons (Fsp3) is 0.360. The average molecular weight is 525 g/mol. The number of ether oxygens (including phenoxy) is 2. The number of hydrogen-bond donors (Lipinski definition) is 2. The van der Waals surface area contributed by atoms with E-state index in [1.54, 1.807) is 24.6 Å². The van der Waals surface area contributed by atoms with Crippen molar-refractivity contribution in [2.45, 2.75) is 25.9 Å². The molecule has 1 amide bonds. The number of fused-ring (bicyclic) bond motifs is 3. The molecule has 0 aliphatic carbocycles. The van der Waals surface area contributed by atoms with Crippen LogP contribution in [0.3, 0.4) is 0 Å². The molecule has 36 heavy (non-hydrogen) atoms. The van der Waals surface area contributed by atoms with Gasteiger partial charge < -0.3 is 19.7 Å². The molecule has 1 aromatic carbocycles. The molecule has 0 saturated carbocycles. The molecule has 1 saturated heterocycles. The fourth-order valence-electron chi connectivity index (χ4n) is 4.81. The Kier molecular flexibility index (Phi) is 6.24. The number of methoxy groups -OCH3 is 1. The van der Waals surface area contributed by atoms with Gasteiger partial charge in [-0.25, -0.2) is 9.97 Å². The van der Waals surface area contributed by atoms with Crippen molar-refractivity contribution in [1.82, 2.24) is 25.1 Å². The van der Waals surface area contributed by atoms with E-state index in [4.69, 9.17) is 31.0 Å². The molecule has 2 N–H and O–H groups in total. The highest BCUT2D eigenvalue weighted by molar-refractivity contribution is 7.19. The number of carbonyl (C=O) groups excluding carboxylic acids is 1. The monoisotopic (exact) mass is 524 g/mol. The maximum absolute atomic E-state index is 13.0. The summed E-state index contributed by atoms with van der Waals surface area (Å²) < 4.78 is 10.7. The van der Waals surface area contributed by atoms with Gasteiger partial charge in [0, 0.05) is 30.8 Å². The number of hydrogen-bond acceptors (Lipinski definition) is 8. The minimum atomic E-state index is -0.0266. The van der Waals surface area contributed by atoms with E-state index in [0.717, 1.165) is 45.0 Å². The van der Waals surface area contributed by atoms with Crippen LogP contribution < -0.4 is 10.1 Å². The molecular weight excluding hydrogens is 500 g/mol. The summed E-state index contributed by atoms with van der Waals surface area (Å²) in [5.74, 6) is 2.14. The topological polar surface area (TPSA) is 105 Å². The molecule has 1 fully saturated rings. The smallest absolute Gasteiger partial charge is 0.228 e. The first-order valence-corrected chi connectivity index (χ1v) is 13.0. The largest absolute Gasteiger partial charge is 0.495 e. The van der Waals surface area contributed by atoms with E-state index in [2.05, 4.69) is 15.5 Å². The zero-order valence-corrected chi connectivity index (χ0v) is 21.3. The van der Waals surface area contributed by atoms with Crippen LogP contribution in [0.1, 0.15) is 22.4 Å². The van der Waals surface area contributed by atoms with Crippen molar-refractivity contribution in [3.63, 3.8) is 0 Å². The molecule has 4 aromatic rings. The van der Waals surface area contributed by atoms with E-state index < -0.39 is 0 Å². The van der Waals surface area contributed by atoms with Crippen molar-refractivity contribution in [1.29, 1.82) is 0 Å². The lowest BCUT2D eigenvalue weighted by Crippen LogP contribution is -2.39. The molecule has 0 spiro atoms. The molecule has 2 aliphatic heterocycles. The van der Waals surface area contributed by atoms with E-state index in [1.165, 1.54) is 5.56 Å². The maximum Gasteiger partial charge on any atom is 0.228 e. The van der Waals surface area contributed by atoms with Gasteiger partial charge in [0.2, 0.25) is 5.91 Å². The third-order valence-electron chi connectivity index (χ3n) is 6.71. The fourth-order valence-corrected chi connectivity index (χ4v) is 6.32. The van der Waals surface area contributed by atoms with Crippen molar-refractivity contribution in [3.05, 3.63) is 51.5 Å². The molecule has 5 heterocycles. The predicted molar refractivity (Wildman–Crippen MR) is 138 cm³/mol. The minimum Gasteiger partial charge on any atom is -0.495 e. The summed E-state index contributed by atoms with van der Waals surface area (Å²) in [6.45, 7) is 3.01. The quantitative estimate of drug-likeness (QED) is 0.388. The molecule has 9 nitrogen and oxygen atoms in total. The molecule has 0 radical (unpaired) electrons. The number of amides is 1. The molecule has 2 aliphatic rings. The average Bonchev–Trinajstić information content (AvgIpc) is 3.67. The van der Waals surface area contributed by atoms with Crippen LogP contribution in [0.5, 0.6) is 5.75 Å². The van der Waals surface area contributed by atoms with E-state index in [0.29, 0.717) is 49.4 Å². The number of benzene rings is 1. The maximum atomic E-state index is 13.0. The van der Waals surface area contributed by atoms with Gasteiger partial charge in [0.05, 0.1) is 36.6 Å². The van der Waals surface area contributed by atoms with Crippen LogP contribution in [0.25, 0.3) is 21.7 Å². The summed E-state index contributed by atoms with van der Waals surface area (Å²) in [5, 5.41) is 12.1. The first-order valence-electron chi connectivity index (χ1n) is 11.9. The molecule has 6 rings (SSSR count). The van der Waals surface area contributed by atoms with Gasteiger partial charge in [-0.1, -0.05) is 17.7 Å². The first-order chi connectivity index (χ1) is 17.6. The van der Waals surface area contributed by atoms with Crippen LogP contribution in [0, 0.1) is 5.92 Å². The van der Waals surface area contributed by atoms with Crippen LogP contribution in [0.4, 0.5) is 5.82 Å². The number of carbonyl (C=O) groups is 1. The van der Waals surface area contributed by atoms with Crippen LogP contribution in [-0.2, 0) is 29.0 Å². The van der Waals surface area contributed by atoms with Gasteiger partial charge in [-0.15, -0.1) is 11.3 Å². The van der Waals surface area contributed by atoms with Gasteiger partial charge in [-0.3, -0.25) is 9.89 Å². The van der Waals surface area contributed by atoms with Gasteiger partial charge in [0.25, 0.3) is 0 Å². The van der Waals surface area contributed by atoms with E-state index in [-0.39, 0.29) is 11.8 Å². The van der Waals surface area contributed by atoms with Gasteiger partial charge in [0.1, 0.15) is 22.1 Å². The SMILES string of the molecule is COc1ccc(CNc2nc(-c3ccn[nH]3)nc3sc4c(c23)CCN(C(=O)C2CCOC2)C4)cc1Cl. The summed E-state index contributed by atoms with van der Waals surface area (Å²) in [6, 6.07) is 7.58. The van der Waals surface area contributed by atoms with Crippen molar-refractivity contribution < 1.29 is 14.3 Å². The Balaban J connectivity index is 1.34. The lowest BCUT2D eigenvalue weighted by molar-refractivity contribution is -0.136. The number of nitrogens with zero attached hydrogens (tertiary/aromatic N) is 4.